The summed E-state index contributed by atoms with van der Waals surface area (Å²) in [6.07, 6.45) is 33.7. The van der Waals surface area contributed by atoms with Gasteiger partial charge < -0.3 is 43.9 Å². The number of nitrogens with one attached hydrogen (secondary N) is 2. The van der Waals surface area contributed by atoms with Gasteiger partial charge in [-0.05, 0) is 12.8 Å². The van der Waals surface area contributed by atoms with E-state index in [1.807, 2.05) is 0 Å². The number of carboxylic acids is 1. The molecule has 1 aliphatic heterocycles. The fourth-order valence-corrected chi connectivity index (χ4v) is 9.91. The summed E-state index contributed by atoms with van der Waals surface area (Å²) < 4.78 is 38.4. The first kappa shape index (κ1) is 71.8. The minimum atomic E-state index is -4.96. The maximum Gasteiger partial charge on any atom is 1.00 e. The number of imide groups is 1. The molecule has 74 heavy (non-hydrogen) atoms. The molecule has 4 amide bonds. The number of phosphoric acid groups is 1. The molecule has 0 spiro atoms. The summed E-state index contributed by atoms with van der Waals surface area (Å²) in [4.78, 5) is 98.6. The number of carbonyl (C=O) groups excluding carboxylic acids is 6. The molecule has 3 N–H and O–H groups in total. The second kappa shape index (κ2) is 49.1. The average molecular weight is 1100 g/mol. The first-order valence-corrected chi connectivity index (χ1v) is 30.6. The minimum Gasteiger partial charge on any atom is -0.756 e. The zero-order chi connectivity index (χ0) is 53.6. The van der Waals surface area contributed by atoms with Gasteiger partial charge in [-0.25, -0.2) is 4.79 Å². The molecule has 0 aromatic rings. The Morgan fingerprint density at radius 1 is 0.622 bits per heavy atom. The van der Waals surface area contributed by atoms with Crippen molar-refractivity contribution in [2.45, 2.75) is 244 Å². The van der Waals surface area contributed by atoms with Crippen LogP contribution in [0.2, 0.25) is 0 Å². The van der Waals surface area contributed by atoms with Crippen molar-refractivity contribution < 1.29 is 101 Å². The van der Waals surface area contributed by atoms with Gasteiger partial charge in [-0.1, -0.05) is 194 Å². The number of rotatable bonds is 51. The number of phosphoric ester groups is 1. The summed E-state index contributed by atoms with van der Waals surface area (Å²) in [5.41, 5.74) is 0. The van der Waals surface area contributed by atoms with Gasteiger partial charge in [-0.3, -0.25) is 38.2 Å². The molecule has 0 aromatic carbocycles. The molecule has 18 nitrogen and oxygen atoms in total. The van der Waals surface area contributed by atoms with Crippen LogP contribution in [0, 0.1) is 0 Å². The fraction of sp³-hybridized carbons (Fsp3) is 0.868. The molecule has 1 fully saturated rings. The number of esters is 2. The van der Waals surface area contributed by atoms with Crippen LogP contribution in [0.1, 0.15) is 232 Å². The average Bonchev–Trinajstić information content (AvgIpc) is 3.63. The van der Waals surface area contributed by atoms with Gasteiger partial charge in [-0.15, -0.1) is 11.8 Å². The number of carbonyl (C=O) groups is 7. The molecule has 424 valence electrons. The van der Waals surface area contributed by atoms with Gasteiger partial charge in [-0.2, -0.15) is 0 Å². The predicted molar refractivity (Wildman–Crippen MR) is 282 cm³/mol. The number of carboxylic acid groups (broad SMARTS) is 1. The first-order valence-electron chi connectivity index (χ1n) is 28.1. The zero-order valence-electron chi connectivity index (χ0n) is 45.8. The number of likely N-dealkylation sites (tertiary alicyclic amines) is 1. The van der Waals surface area contributed by atoms with Gasteiger partial charge in [0.15, 0.2) is 6.10 Å². The molecule has 0 radical (unpaired) electrons. The summed E-state index contributed by atoms with van der Waals surface area (Å²) in [5.74, 6) is -4.01. The van der Waals surface area contributed by atoms with E-state index < -0.39 is 74.1 Å². The third kappa shape index (κ3) is 42.8. The number of unbranched alkanes of at least 4 members (excludes halogenated alkanes) is 28. The molecular formula is C53H95N3NaO15PS. The monoisotopic (exact) mass is 1100 g/mol. The standard InChI is InChI=1S/C53H96N3O15PS.Na/c1-3-5-7-9-11-13-15-17-19-21-23-25-27-29-31-33-50(61)68-42-45(71-51(62)34-32-30-28-26-24-22-20-18-16-14-12-10-8-6-4-2)43-70-72(65,66)69-40-37-55-53(64)67-39-36-54-47(57)35-38-56-48(58)41-46(52(56)63)73-44-49(59)60;/h45-46H,3-44H2,1-2H3,(H,54,57)(H,55,64)(H,59,60)(H,65,66);/q;+1/p-1/t45-,46?;/m1./s1. The topological polar surface area (TPSA) is 253 Å². The number of thioether (sulfide) groups is 1. The largest absolute Gasteiger partial charge is 1.00 e. The van der Waals surface area contributed by atoms with E-state index in [0.29, 0.717) is 12.8 Å². The van der Waals surface area contributed by atoms with E-state index in [4.69, 9.17) is 28.4 Å². The Morgan fingerprint density at radius 3 is 1.54 bits per heavy atom. The smallest absolute Gasteiger partial charge is 0.756 e. The number of hydrogen-bond acceptors (Lipinski definition) is 15. The Labute approximate surface area is 470 Å². The van der Waals surface area contributed by atoms with E-state index in [1.165, 1.54) is 141 Å². The van der Waals surface area contributed by atoms with Crippen LogP contribution in [0.15, 0.2) is 0 Å². The summed E-state index contributed by atoms with van der Waals surface area (Å²) in [7, 11) is -4.96. The molecule has 1 saturated heterocycles. The van der Waals surface area contributed by atoms with Crippen molar-refractivity contribution in [2.75, 3.05) is 51.8 Å². The van der Waals surface area contributed by atoms with Crippen LogP contribution in [0.5, 0.6) is 0 Å². The normalized spacial score (nSPS) is 14.5. The van der Waals surface area contributed by atoms with E-state index in [-0.39, 0.29) is 93.8 Å². The first-order chi connectivity index (χ1) is 35.3. The van der Waals surface area contributed by atoms with Gasteiger partial charge in [0.2, 0.25) is 17.7 Å². The van der Waals surface area contributed by atoms with E-state index >= 15 is 0 Å². The summed E-state index contributed by atoms with van der Waals surface area (Å²) in [6.45, 7) is 2.12. The van der Waals surface area contributed by atoms with Gasteiger partial charge in [0.1, 0.15) is 13.2 Å². The Hall–Kier alpha value is -2.25. The van der Waals surface area contributed by atoms with Crippen LogP contribution < -0.4 is 45.1 Å². The van der Waals surface area contributed by atoms with Crippen LogP contribution in [-0.2, 0) is 56.6 Å². The second-order valence-electron chi connectivity index (χ2n) is 19.2. The third-order valence-corrected chi connectivity index (χ3v) is 14.7. The minimum absolute atomic E-state index is 0. The van der Waals surface area contributed by atoms with Crippen molar-refractivity contribution in [1.29, 1.82) is 0 Å². The number of nitrogens with zero attached hydrogens (tertiary/aromatic N) is 1. The van der Waals surface area contributed by atoms with Crippen LogP contribution in [0.4, 0.5) is 4.79 Å². The summed E-state index contributed by atoms with van der Waals surface area (Å²) in [6, 6.07) is 0. The number of hydrogen-bond donors (Lipinski definition) is 3. The molecule has 1 aliphatic rings. The molecular weight excluding hydrogens is 1000 g/mol. The SMILES string of the molecule is CCCCCCCCCCCCCCCCCC(=O)OC[C@H](COP(=O)([O-])OCCNC(=O)OCCNC(=O)CCN1C(=O)CC(SCC(=O)O)C1=O)OC(=O)CCCCCCCCCCCCCCCCC.[Na+]. The van der Waals surface area contributed by atoms with Crippen molar-refractivity contribution in [3.63, 3.8) is 0 Å². The number of aliphatic carboxylic acids is 1. The molecule has 0 saturated carbocycles. The molecule has 2 unspecified atom stereocenters. The quantitative estimate of drug-likeness (QED) is 0.0132. The van der Waals surface area contributed by atoms with Crippen molar-refractivity contribution in [3.8, 4) is 0 Å². The Bertz CT molecular complexity index is 1570. The molecule has 21 heteroatoms. The molecule has 0 aromatic heterocycles. The molecule has 1 heterocycles. The molecule has 1 rings (SSSR count). The number of alkyl carbamates (subject to hydrolysis) is 1. The van der Waals surface area contributed by atoms with Crippen molar-refractivity contribution in [3.05, 3.63) is 0 Å². The predicted octanol–water partition coefficient (Wildman–Crippen LogP) is 7.65. The Balaban J connectivity index is 0.0000533. The number of ether oxygens (including phenoxy) is 3. The fourth-order valence-electron chi connectivity index (χ4n) is 8.30. The van der Waals surface area contributed by atoms with E-state index in [1.54, 1.807) is 0 Å². The van der Waals surface area contributed by atoms with Gasteiger partial charge in [0.25, 0.3) is 7.82 Å². The maximum absolute atomic E-state index is 12.8. The Morgan fingerprint density at radius 2 is 1.07 bits per heavy atom. The van der Waals surface area contributed by atoms with Gasteiger partial charge in [0.05, 0.1) is 30.8 Å². The van der Waals surface area contributed by atoms with Crippen LogP contribution >= 0.6 is 19.6 Å². The van der Waals surface area contributed by atoms with Gasteiger partial charge in [0, 0.05) is 38.8 Å². The van der Waals surface area contributed by atoms with E-state index in [9.17, 15) is 43.0 Å². The summed E-state index contributed by atoms with van der Waals surface area (Å²) >= 11 is 0.850. The van der Waals surface area contributed by atoms with Crippen molar-refractivity contribution in [2.24, 2.45) is 0 Å². The Kier molecular flexibility index (Phi) is 47.6. The number of amides is 4. The van der Waals surface area contributed by atoms with E-state index in [2.05, 4.69) is 24.5 Å². The second-order valence-corrected chi connectivity index (χ2v) is 21.8. The maximum atomic E-state index is 12.8. The van der Waals surface area contributed by atoms with Crippen LogP contribution in [-0.4, -0.2) is 115 Å². The van der Waals surface area contributed by atoms with Crippen molar-refractivity contribution in [1.82, 2.24) is 15.5 Å². The summed E-state index contributed by atoms with van der Waals surface area (Å²) in [5, 5.41) is 12.8. The molecule has 0 aliphatic carbocycles. The molecule has 3 atom stereocenters. The van der Waals surface area contributed by atoms with Crippen molar-refractivity contribution >= 4 is 61.3 Å². The van der Waals surface area contributed by atoms with E-state index in [0.717, 1.165) is 55.2 Å². The van der Waals surface area contributed by atoms with Crippen LogP contribution in [0.3, 0.4) is 0 Å². The third-order valence-electron chi connectivity index (χ3n) is 12.6. The van der Waals surface area contributed by atoms with Gasteiger partial charge >= 0.3 is 53.6 Å². The molecule has 0 bridgehead atoms. The van der Waals surface area contributed by atoms with Crippen LogP contribution in [0.25, 0.3) is 0 Å². The zero-order valence-corrected chi connectivity index (χ0v) is 49.5.